The molecule has 1 N–H and O–H groups in total. The Morgan fingerprint density at radius 3 is 1.25 bits per heavy atom. The first kappa shape index (κ1) is 16.0. The highest BCUT2D eigenvalue weighted by molar-refractivity contribution is 5.75. The molecule has 2 heteroatoms. The highest BCUT2D eigenvalue weighted by Gasteiger charge is 2.44. The molecule has 0 bridgehead atoms. The number of carboxylic acids is 1. The average Bonchev–Trinajstić information content (AvgIpc) is 2.65. The van der Waals surface area contributed by atoms with E-state index in [1.807, 2.05) is 91.0 Å². The van der Waals surface area contributed by atoms with Crippen LogP contribution in [0.15, 0.2) is 91.0 Å². The van der Waals surface area contributed by atoms with E-state index in [2.05, 4.69) is 0 Å². The van der Waals surface area contributed by atoms with Gasteiger partial charge < -0.3 is 5.11 Å². The summed E-state index contributed by atoms with van der Waals surface area (Å²) in [5.41, 5.74) is 2.21. The lowest BCUT2D eigenvalue weighted by molar-refractivity contribution is -0.142. The Labute approximate surface area is 142 Å². The third-order valence-corrected chi connectivity index (χ3v) is 4.71. The molecule has 3 rings (SSSR count). The minimum Gasteiger partial charge on any atom is -0.481 e. The van der Waals surface area contributed by atoms with Crippen LogP contribution in [0.1, 0.15) is 23.6 Å². The highest BCUT2D eigenvalue weighted by atomic mass is 16.4. The Kier molecular flexibility index (Phi) is 4.48. The van der Waals surface area contributed by atoms with Gasteiger partial charge in [-0.2, -0.15) is 0 Å². The number of carbonyl (C=O) groups is 1. The molecule has 0 aromatic heterocycles. The molecule has 0 saturated heterocycles. The van der Waals surface area contributed by atoms with Gasteiger partial charge in [0.2, 0.25) is 0 Å². The zero-order valence-corrected chi connectivity index (χ0v) is 13.6. The molecule has 24 heavy (non-hydrogen) atoms. The van der Waals surface area contributed by atoms with Gasteiger partial charge in [-0.3, -0.25) is 4.79 Å². The molecular weight excluding hydrogens is 296 g/mol. The van der Waals surface area contributed by atoms with E-state index in [1.165, 1.54) is 0 Å². The van der Waals surface area contributed by atoms with E-state index < -0.39 is 17.3 Å². The molecule has 3 aromatic rings. The van der Waals surface area contributed by atoms with Gasteiger partial charge in [0.05, 0.1) is 11.3 Å². The van der Waals surface area contributed by atoms with E-state index in [4.69, 9.17) is 0 Å². The Hall–Kier alpha value is -2.87. The van der Waals surface area contributed by atoms with Gasteiger partial charge in [0, 0.05) is 0 Å². The number of aliphatic carboxylic acids is 1. The number of hydrogen-bond donors (Lipinski definition) is 1. The molecule has 0 saturated carbocycles. The predicted octanol–water partition coefficient (Wildman–Crippen LogP) is 4.74. The molecule has 120 valence electrons. The summed E-state index contributed by atoms with van der Waals surface area (Å²) in [6.07, 6.45) is 0. The van der Waals surface area contributed by atoms with Crippen molar-refractivity contribution in [1.29, 1.82) is 0 Å². The Bertz CT molecular complexity index is 698. The summed E-state index contributed by atoms with van der Waals surface area (Å²) in [5, 5.41) is 9.90. The average molecular weight is 316 g/mol. The normalized spacial score (nSPS) is 12.5. The summed E-state index contributed by atoms with van der Waals surface area (Å²) in [4.78, 5) is 12.1. The van der Waals surface area contributed by atoms with E-state index in [1.54, 1.807) is 6.92 Å². The number of rotatable bonds is 5. The molecule has 3 aromatic carbocycles. The van der Waals surface area contributed by atoms with Crippen LogP contribution < -0.4 is 0 Å². The van der Waals surface area contributed by atoms with Gasteiger partial charge in [0.15, 0.2) is 0 Å². The molecule has 0 spiro atoms. The lowest BCUT2D eigenvalue weighted by atomic mass is 9.62. The minimum atomic E-state index is -0.813. The van der Waals surface area contributed by atoms with Crippen LogP contribution >= 0.6 is 0 Å². The van der Waals surface area contributed by atoms with Gasteiger partial charge >= 0.3 is 5.97 Å². The summed E-state index contributed by atoms with van der Waals surface area (Å²) >= 11 is 0. The first-order chi connectivity index (χ1) is 11.7. The topological polar surface area (TPSA) is 37.3 Å². The van der Waals surface area contributed by atoms with E-state index in [0.29, 0.717) is 0 Å². The van der Waals surface area contributed by atoms with Crippen LogP contribution in [0.5, 0.6) is 0 Å². The molecule has 2 nitrogen and oxygen atoms in total. The van der Waals surface area contributed by atoms with Crippen molar-refractivity contribution < 1.29 is 9.90 Å². The molecule has 0 aliphatic heterocycles. The highest BCUT2D eigenvalue weighted by Crippen LogP contribution is 2.45. The fourth-order valence-corrected chi connectivity index (χ4v) is 3.54. The fourth-order valence-electron chi connectivity index (χ4n) is 3.54. The third-order valence-electron chi connectivity index (χ3n) is 4.71. The quantitative estimate of drug-likeness (QED) is 0.690. The molecular formula is C22H20O2. The smallest absolute Gasteiger partial charge is 0.307 e. The van der Waals surface area contributed by atoms with Crippen LogP contribution in [0.4, 0.5) is 0 Å². The van der Waals surface area contributed by atoms with Crippen molar-refractivity contribution in [3.8, 4) is 0 Å². The predicted molar refractivity (Wildman–Crippen MR) is 96.0 cm³/mol. The van der Waals surface area contributed by atoms with E-state index in [-0.39, 0.29) is 0 Å². The molecule has 0 aliphatic carbocycles. The van der Waals surface area contributed by atoms with Crippen LogP contribution in [0.3, 0.4) is 0 Å². The van der Waals surface area contributed by atoms with Gasteiger partial charge in [0.1, 0.15) is 0 Å². The number of carboxylic acid groups (broad SMARTS) is 1. The second kappa shape index (κ2) is 6.71. The Morgan fingerprint density at radius 1 is 0.708 bits per heavy atom. The maximum absolute atomic E-state index is 12.1. The molecule has 1 atom stereocenters. The standard InChI is InChI=1S/C22H20O2/c1-17(21(23)24)22(18-11-5-2-6-12-18,19-13-7-3-8-14-19)20-15-9-4-10-16-20/h2-17H,1H3,(H,23,24)/t17-/m0/s1. The van der Waals surface area contributed by atoms with Gasteiger partial charge in [-0.05, 0) is 16.7 Å². The minimum absolute atomic E-state index is 0.621. The molecule has 0 heterocycles. The van der Waals surface area contributed by atoms with Gasteiger partial charge in [0.25, 0.3) is 0 Å². The first-order valence-corrected chi connectivity index (χ1v) is 8.06. The molecule has 0 radical (unpaired) electrons. The van der Waals surface area contributed by atoms with Crippen molar-refractivity contribution in [2.24, 2.45) is 5.92 Å². The van der Waals surface area contributed by atoms with Crippen LogP contribution in [-0.2, 0) is 10.2 Å². The van der Waals surface area contributed by atoms with Crippen molar-refractivity contribution in [3.05, 3.63) is 108 Å². The number of hydrogen-bond acceptors (Lipinski definition) is 1. The summed E-state index contributed by atoms with van der Waals surface area (Å²) < 4.78 is 0. The number of benzene rings is 3. The molecule has 0 unspecified atom stereocenters. The lowest BCUT2D eigenvalue weighted by Gasteiger charge is -2.39. The van der Waals surface area contributed by atoms with Crippen molar-refractivity contribution >= 4 is 5.97 Å². The molecule has 0 amide bonds. The fraction of sp³-hybridized carbons (Fsp3) is 0.136. The zero-order valence-electron chi connectivity index (χ0n) is 13.6. The summed E-state index contributed by atoms with van der Waals surface area (Å²) in [6, 6.07) is 29.7. The third kappa shape index (κ3) is 2.61. The maximum atomic E-state index is 12.1. The van der Waals surface area contributed by atoms with E-state index in [9.17, 15) is 9.90 Å². The Balaban J connectivity index is 2.39. The zero-order chi connectivity index (χ0) is 17.0. The van der Waals surface area contributed by atoms with Crippen LogP contribution in [0, 0.1) is 5.92 Å². The summed E-state index contributed by atoms with van der Waals surface area (Å²) in [5.74, 6) is -1.43. The van der Waals surface area contributed by atoms with Crippen LogP contribution in [0.2, 0.25) is 0 Å². The van der Waals surface area contributed by atoms with Gasteiger partial charge in [-0.1, -0.05) is 97.9 Å². The van der Waals surface area contributed by atoms with Crippen molar-refractivity contribution in [2.75, 3.05) is 0 Å². The Morgan fingerprint density at radius 2 is 1.00 bits per heavy atom. The second-order valence-electron chi connectivity index (χ2n) is 5.97. The molecule has 0 fully saturated rings. The largest absolute Gasteiger partial charge is 0.481 e. The maximum Gasteiger partial charge on any atom is 0.307 e. The SMILES string of the molecule is C[C@@H](C(=O)O)C(c1ccccc1)(c1ccccc1)c1ccccc1. The van der Waals surface area contributed by atoms with Crippen LogP contribution in [-0.4, -0.2) is 11.1 Å². The van der Waals surface area contributed by atoms with E-state index in [0.717, 1.165) is 16.7 Å². The first-order valence-electron chi connectivity index (χ1n) is 8.06. The van der Waals surface area contributed by atoms with Gasteiger partial charge in [-0.25, -0.2) is 0 Å². The summed E-state index contributed by atoms with van der Waals surface area (Å²) in [6.45, 7) is 1.79. The summed E-state index contributed by atoms with van der Waals surface area (Å²) in [7, 11) is 0. The van der Waals surface area contributed by atoms with Gasteiger partial charge in [-0.15, -0.1) is 0 Å². The second-order valence-corrected chi connectivity index (χ2v) is 5.97. The molecule has 0 aliphatic rings. The van der Waals surface area contributed by atoms with Crippen LogP contribution in [0.25, 0.3) is 0 Å². The van der Waals surface area contributed by atoms with Crippen molar-refractivity contribution in [1.82, 2.24) is 0 Å². The van der Waals surface area contributed by atoms with Crippen molar-refractivity contribution in [2.45, 2.75) is 12.3 Å². The van der Waals surface area contributed by atoms with E-state index >= 15 is 0 Å². The monoisotopic (exact) mass is 316 g/mol. The van der Waals surface area contributed by atoms with Crippen molar-refractivity contribution in [3.63, 3.8) is 0 Å². The lowest BCUT2D eigenvalue weighted by Crippen LogP contribution is -2.40.